The third kappa shape index (κ3) is 8.29. The number of hydrogen-bond donors (Lipinski definition) is 7. The number of H-pyrrole nitrogens is 1. The number of carboxylic acids is 1. The minimum absolute atomic E-state index is 0.0490. The number of aliphatic hydroxyl groups is 1. The average Bonchev–Trinajstić information content (AvgIpc) is 3.26. The van der Waals surface area contributed by atoms with Gasteiger partial charge in [0.2, 0.25) is 17.7 Å². The van der Waals surface area contributed by atoms with Crippen LogP contribution in [-0.4, -0.2) is 69.7 Å². The molecule has 5 unspecified atom stereocenters. The van der Waals surface area contributed by atoms with E-state index in [-0.39, 0.29) is 18.3 Å². The van der Waals surface area contributed by atoms with Crippen LogP contribution in [0.1, 0.15) is 46.1 Å². The number of aromatic nitrogens is 1. The van der Waals surface area contributed by atoms with Gasteiger partial charge in [-0.15, -0.1) is 0 Å². The fourth-order valence-electron chi connectivity index (χ4n) is 4.03. The number of nitrogens with one attached hydrogen (secondary N) is 4. The first-order chi connectivity index (χ1) is 17.5. The first-order valence-electron chi connectivity index (χ1n) is 12.5. The number of nitrogens with two attached hydrogens (primary N) is 1. The standard InChI is InChI=1S/C26H39N5O6/c1-5-15(4)22(31-23(33)18(27)10-14(2)3)25(35)29-20(24(34)30-21(13-32)26(36)37)11-16-12-28-19-9-7-6-8-17(16)19/h6-9,12,14-15,18,20-22,28,32H,5,10-11,13,27H2,1-4H3,(H,29,35)(H,30,34)(H,31,33)(H,36,37). The second-order valence-electron chi connectivity index (χ2n) is 9.81. The van der Waals surface area contributed by atoms with Gasteiger partial charge in [-0.1, -0.05) is 52.3 Å². The second kappa shape index (κ2) is 13.8. The zero-order valence-electron chi connectivity index (χ0n) is 21.8. The van der Waals surface area contributed by atoms with Gasteiger partial charge in [0.1, 0.15) is 18.1 Å². The Labute approximate surface area is 216 Å². The maximum absolute atomic E-state index is 13.4. The molecule has 2 rings (SSSR count). The molecule has 204 valence electrons. The Kier molecular flexibility index (Phi) is 11.1. The van der Waals surface area contributed by atoms with E-state index in [1.54, 1.807) is 13.1 Å². The van der Waals surface area contributed by atoms with E-state index >= 15 is 0 Å². The van der Waals surface area contributed by atoms with E-state index in [2.05, 4.69) is 20.9 Å². The van der Waals surface area contributed by atoms with Crippen molar-refractivity contribution in [1.29, 1.82) is 0 Å². The second-order valence-corrected chi connectivity index (χ2v) is 9.81. The molecule has 2 aromatic rings. The molecule has 0 bridgehead atoms. The van der Waals surface area contributed by atoms with E-state index in [4.69, 9.17) is 5.73 Å². The third-order valence-corrected chi connectivity index (χ3v) is 6.38. The number of amides is 3. The van der Waals surface area contributed by atoms with Crippen LogP contribution in [0.25, 0.3) is 10.9 Å². The third-order valence-electron chi connectivity index (χ3n) is 6.38. The van der Waals surface area contributed by atoms with Gasteiger partial charge in [-0.3, -0.25) is 14.4 Å². The van der Waals surface area contributed by atoms with Crippen LogP contribution in [0, 0.1) is 11.8 Å². The fourth-order valence-corrected chi connectivity index (χ4v) is 4.03. The van der Waals surface area contributed by atoms with Crippen LogP contribution in [-0.2, 0) is 25.6 Å². The lowest BCUT2D eigenvalue weighted by Crippen LogP contribution is -2.59. The molecule has 0 aliphatic heterocycles. The lowest BCUT2D eigenvalue weighted by molar-refractivity contribution is -0.143. The minimum Gasteiger partial charge on any atom is -0.480 e. The summed E-state index contributed by atoms with van der Waals surface area (Å²) >= 11 is 0. The first kappa shape index (κ1) is 29.8. The number of carboxylic acid groups (broad SMARTS) is 1. The van der Waals surface area contributed by atoms with Gasteiger partial charge in [-0.2, -0.15) is 0 Å². The number of aliphatic hydroxyl groups excluding tert-OH is 1. The maximum atomic E-state index is 13.4. The molecule has 0 saturated heterocycles. The Balaban J connectivity index is 2.31. The highest BCUT2D eigenvalue weighted by Gasteiger charge is 2.33. The van der Waals surface area contributed by atoms with Crippen molar-refractivity contribution in [1.82, 2.24) is 20.9 Å². The molecule has 5 atom stereocenters. The van der Waals surface area contributed by atoms with E-state index < -0.39 is 54.5 Å². The summed E-state index contributed by atoms with van der Waals surface area (Å²) in [6.45, 7) is 6.75. The quantitative estimate of drug-likeness (QED) is 0.192. The van der Waals surface area contributed by atoms with Crippen molar-refractivity contribution in [2.75, 3.05) is 6.61 Å². The molecular weight excluding hydrogens is 478 g/mol. The molecule has 0 aliphatic rings. The average molecular weight is 518 g/mol. The molecule has 0 aliphatic carbocycles. The van der Waals surface area contributed by atoms with Crippen molar-refractivity contribution in [2.24, 2.45) is 17.6 Å². The minimum atomic E-state index is -1.53. The molecule has 0 radical (unpaired) electrons. The topological polar surface area (TPSA) is 187 Å². The van der Waals surface area contributed by atoms with Gasteiger partial charge in [-0.25, -0.2) is 4.79 Å². The van der Waals surface area contributed by atoms with Crippen molar-refractivity contribution >= 4 is 34.6 Å². The summed E-state index contributed by atoms with van der Waals surface area (Å²) in [7, 11) is 0. The van der Waals surface area contributed by atoms with Crippen molar-refractivity contribution in [3.05, 3.63) is 36.0 Å². The van der Waals surface area contributed by atoms with Gasteiger partial charge in [0, 0.05) is 23.5 Å². The van der Waals surface area contributed by atoms with Gasteiger partial charge in [0.15, 0.2) is 0 Å². The predicted molar refractivity (Wildman–Crippen MR) is 139 cm³/mol. The number of aliphatic carboxylic acids is 1. The molecule has 11 heteroatoms. The molecule has 1 aromatic heterocycles. The summed E-state index contributed by atoms with van der Waals surface area (Å²) in [4.78, 5) is 53.7. The highest BCUT2D eigenvalue weighted by molar-refractivity contribution is 5.95. The summed E-state index contributed by atoms with van der Waals surface area (Å²) in [6, 6.07) is 2.98. The lowest BCUT2D eigenvalue weighted by atomic mass is 9.96. The van der Waals surface area contributed by atoms with Gasteiger partial charge in [-0.05, 0) is 29.9 Å². The lowest BCUT2D eigenvalue weighted by Gasteiger charge is -2.28. The van der Waals surface area contributed by atoms with Gasteiger partial charge < -0.3 is 36.9 Å². The number of carbonyl (C=O) groups is 4. The van der Waals surface area contributed by atoms with E-state index in [9.17, 15) is 29.4 Å². The number of hydrogen-bond acceptors (Lipinski definition) is 6. The summed E-state index contributed by atoms with van der Waals surface area (Å²) in [5.41, 5.74) is 7.58. The molecule has 1 heterocycles. The molecule has 11 nitrogen and oxygen atoms in total. The number of rotatable bonds is 14. The van der Waals surface area contributed by atoms with E-state index in [0.717, 1.165) is 16.5 Å². The number of aromatic amines is 1. The van der Waals surface area contributed by atoms with E-state index in [1.807, 2.05) is 45.0 Å². The molecule has 1 aromatic carbocycles. The Hall–Kier alpha value is -3.44. The molecule has 0 saturated carbocycles. The highest BCUT2D eigenvalue weighted by atomic mass is 16.4. The Morgan fingerprint density at radius 1 is 0.973 bits per heavy atom. The smallest absolute Gasteiger partial charge is 0.328 e. The number of para-hydroxylation sites is 1. The molecule has 0 fully saturated rings. The predicted octanol–water partition coefficient (Wildman–Crippen LogP) is 0.661. The fraction of sp³-hybridized carbons (Fsp3) is 0.538. The summed E-state index contributed by atoms with van der Waals surface area (Å²) < 4.78 is 0. The van der Waals surface area contributed by atoms with Crippen molar-refractivity contribution in [2.45, 2.75) is 71.1 Å². The Morgan fingerprint density at radius 3 is 2.22 bits per heavy atom. The summed E-state index contributed by atoms with van der Waals surface area (Å²) in [5.74, 6) is -3.30. The Morgan fingerprint density at radius 2 is 1.62 bits per heavy atom. The normalized spacial score (nSPS) is 15.4. The molecule has 37 heavy (non-hydrogen) atoms. The first-order valence-corrected chi connectivity index (χ1v) is 12.5. The maximum Gasteiger partial charge on any atom is 0.328 e. The van der Waals surface area contributed by atoms with Crippen LogP contribution in [0.15, 0.2) is 30.5 Å². The van der Waals surface area contributed by atoms with E-state index in [1.165, 1.54) is 0 Å². The van der Waals surface area contributed by atoms with Crippen molar-refractivity contribution < 1.29 is 29.4 Å². The number of benzene rings is 1. The molecule has 8 N–H and O–H groups in total. The van der Waals surface area contributed by atoms with Gasteiger partial charge >= 0.3 is 5.97 Å². The number of carbonyl (C=O) groups excluding carboxylic acids is 3. The summed E-state index contributed by atoms with van der Waals surface area (Å²) in [6.07, 6.45) is 2.79. The van der Waals surface area contributed by atoms with Crippen LogP contribution in [0.4, 0.5) is 0 Å². The van der Waals surface area contributed by atoms with Gasteiger partial charge in [0.25, 0.3) is 0 Å². The van der Waals surface area contributed by atoms with Gasteiger partial charge in [0.05, 0.1) is 12.6 Å². The van der Waals surface area contributed by atoms with E-state index in [0.29, 0.717) is 12.8 Å². The molecule has 3 amide bonds. The van der Waals surface area contributed by atoms with Crippen LogP contribution >= 0.6 is 0 Å². The molecule has 0 spiro atoms. The Bertz CT molecular complexity index is 1080. The van der Waals surface area contributed by atoms with Crippen molar-refractivity contribution in [3.8, 4) is 0 Å². The van der Waals surface area contributed by atoms with Crippen LogP contribution in [0.3, 0.4) is 0 Å². The van der Waals surface area contributed by atoms with Crippen LogP contribution in [0.2, 0.25) is 0 Å². The zero-order chi connectivity index (χ0) is 27.7. The SMILES string of the molecule is CCC(C)C(NC(=O)C(N)CC(C)C)C(=O)NC(Cc1c[nH]c2ccccc12)C(=O)NC(CO)C(=O)O. The van der Waals surface area contributed by atoms with Crippen LogP contribution < -0.4 is 21.7 Å². The monoisotopic (exact) mass is 517 g/mol. The zero-order valence-corrected chi connectivity index (χ0v) is 21.8. The summed E-state index contributed by atoms with van der Waals surface area (Å²) in [5, 5.41) is 27.2. The van der Waals surface area contributed by atoms with Crippen LogP contribution in [0.5, 0.6) is 0 Å². The highest BCUT2D eigenvalue weighted by Crippen LogP contribution is 2.19. The largest absolute Gasteiger partial charge is 0.480 e. The number of fused-ring (bicyclic) bond motifs is 1. The van der Waals surface area contributed by atoms with Crippen molar-refractivity contribution in [3.63, 3.8) is 0 Å². The molecular formula is C26H39N5O6.